The van der Waals surface area contributed by atoms with Gasteiger partial charge >= 0.3 is 4.87 Å². The van der Waals surface area contributed by atoms with Crippen LogP contribution in [0.3, 0.4) is 0 Å². The quantitative estimate of drug-likeness (QED) is 0.233. The van der Waals surface area contributed by atoms with Crippen LogP contribution in [0.1, 0.15) is 16.4 Å². The Morgan fingerprint density at radius 3 is 2.45 bits per heavy atom. The lowest BCUT2D eigenvalue weighted by molar-refractivity contribution is -0.122. The molecule has 5 aromatic rings. The number of thiazole rings is 1. The summed E-state index contributed by atoms with van der Waals surface area (Å²) in [6, 6.07) is 27.4. The van der Waals surface area contributed by atoms with E-state index in [1.165, 1.54) is 16.7 Å². The first kappa shape index (κ1) is 27.9. The van der Waals surface area contributed by atoms with Gasteiger partial charge in [-0.15, -0.1) is 0 Å². The lowest BCUT2D eigenvalue weighted by atomic mass is 9.82. The van der Waals surface area contributed by atoms with Crippen molar-refractivity contribution in [2.45, 2.75) is 16.2 Å². The molecule has 0 aliphatic carbocycles. The summed E-state index contributed by atoms with van der Waals surface area (Å²) in [5.41, 5.74) is 1.71. The lowest BCUT2D eigenvalue weighted by Crippen LogP contribution is -2.32. The van der Waals surface area contributed by atoms with E-state index in [0.29, 0.717) is 38.3 Å². The number of ether oxygens (including phenoxy) is 2. The molecule has 1 aromatic heterocycles. The van der Waals surface area contributed by atoms with E-state index in [4.69, 9.17) is 9.47 Å². The van der Waals surface area contributed by atoms with Crippen LogP contribution in [0.25, 0.3) is 10.8 Å². The van der Waals surface area contributed by atoms with Gasteiger partial charge in [-0.05, 0) is 53.2 Å². The average Bonchev–Trinajstić information content (AvgIpc) is 3.54. The van der Waals surface area contributed by atoms with Crippen molar-refractivity contribution < 1.29 is 23.9 Å². The first-order chi connectivity index (χ1) is 21.4. The average molecular weight is 624 g/mol. The Hall–Kier alpha value is -4.87. The Labute approximate surface area is 259 Å². The normalized spacial score (nSPS) is 19.0. The Morgan fingerprint density at radius 1 is 0.909 bits per heavy atom. The highest BCUT2D eigenvalue weighted by atomic mass is 32.2. The zero-order valence-electron chi connectivity index (χ0n) is 23.3. The molecule has 0 radical (unpaired) electrons. The molecule has 3 amide bonds. The molecule has 1 fully saturated rings. The van der Waals surface area contributed by atoms with Gasteiger partial charge in [0.1, 0.15) is 16.7 Å². The van der Waals surface area contributed by atoms with E-state index < -0.39 is 17.1 Å². The first-order valence-corrected chi connectivity index (χ1v) is 15.5. The molecule has 1 saturated heterocycles. The Kier molecular flexibility index (Phi) is 7.19. The van der Waals surface area contributed by atoms with E-state index in [1.54, 1.807) is 43.5 Å². The number of hydrogen-bond donors (Lipinski definition) is 2. The van der Waals surface area contributed by atoms with Crippen LogP contribution in [0.2, 0.25) is 0 Å². The zero-order chi connectivity index (χ0) is 30.4. The standard InChI is InChI=1S/C33H25N3O6S2/c1-41-22-14-12-21(13-15-22)36-31(38)27-26(28-30(35-33(40)44-28)43-29(27)32(36)39)23-8-4-5-9-24(23)42-17-25(37)34-20-11-10-18-6-2-3-7-19(18)16-20/h2-16,26-27,29H,17H2,1H3,(H,34,37)(H,35,40)/t26-,27-,29+/m0/s1. The molecule has 7 rings (SSSR count). The van der Waals surface area contributed by atoms with E-state index in [-0.39, 0.29) is 29.2 Å². The van der Waals surface area contributed by atoms with Gasteiger partial charge in [-0.2, -0.15) is 0 Å². The largest absolute Gasteiger partial charge is 0.497 e. The number of methoxy groups -OCH3 is 1. The molecule has 0 spiro atoms. The molecule has 2 N–H and O–H groups in total. The molecule has 0 bridgehead atoms. The maximum atomic E-state index is 14.1. The number of aromatic amines is 1. The number of carbonyl (C=O) groups excluding carboxylic acids is 3. The molecule has 3 heterocycles. The third kappa shape index (κ3) is 4.93. The molecule has 2 aliphatic heterocycles. The van der Waals surface area contributed by atoms with E-state index in [0.717, 1.165) is 22.1 Å². The Bertz CT molecular complexity index is 1990. The third-order valence-corrected chi connectivity index (χ3v) is 10.2. The Morgan fingerprint density at radius 2 is 1.66 bits per heavy atom. The summed E-state index contributed by atoms with van der Waals surface area (Å²) in [6.45, 7) is -0.277. The molecule has 9 nitrogen and oxygen atoms in total. The number of benzene rings is 4. The van der Waals surface area contributed by atoms with Crippen molar-refractivity contribution in [3.63, 3.8) is 0 Å². The molecule has 0 saturated carbocycles. The number of nitrogens with one attached hydrogen (secondary N) is 2. The van der Waals surface area contributed by atoms with Gasteiger partial charge in [-0.3, -0.25) is 19.2 Å². The minimum absolute atomic E-state index is 0.271. The van der Waals surface area contributed by atoms with Crippen molar-refractivity contribution in [1.82, 2.24) is 4.98 Å². The number of hydrogen-bond acceptors (Lipinski definition) is 8. The van der Waals surface area contributed by atoms with Crippen LogP contribution in [0.5, 0.6) is 11.5 Å². The van der Waals surface area contributed by atoms with Crippen molar-refractivity contribution >= 4 is 63.0 Å². The molecule has 44 heavy (non-hydrogen) atoms. The van der Waals surface area contributed by atoms with Gasteiger partial charge in [0.05, 0.1) is 23.7 Å². The number of rotatable bonds is 7. The van der Waals surface area contributed by atoms with Gasteiger partial charge in [0.2, 0.25) is 11.8 Å². The van der Waals surface area contributed by atoms with Crippen LogP contribution in [0.15, 0.2) is 101 Å². The second kappa shape index (κ2) is 11.3. The lowest BCUT2D eigenvalue weighted by Gasteiger charge is -2.30. The summed E-state index contributed by atoms with van der Waals surface area (Å²) in [4.78, 5) is 57.7. The molecule has 4 aromatic carbocycles. The first-order valence-electron chi connectivity index (χ1n) is 13.8. The topological polar surface area (TPSA) is 118 Å². The van der Waals surface area contributed by atoms with Gasteiger partial charge in [0.15, 0.2) is 6.61 Å². The number of nitrogens with zero attached hydrogens (tertiary/aromatic N) is 1. The molecule has 220 valence electrons. The van der Waals surface area contributed by atoms with Crippen LogP contribution in [0.4, 0.5) is 11.4 Å². The molecule has 11 heteroatoms. The van der Waals surface area contributed by atoms with Gasteiger partial charge in [-0.25, -0.2) is 4.90 Å². The van der Waals surface area contributed by atoms with Crippen LogP contribution >= 0.6 is 23.1 Å². The molecular formula is C33H25N3O6S2. The number of aromatic nitrogens is 1. The SMILES string of the molecule is COc1ccc(N2C(=O)[C@H]3[C@H](c4ccccc4OCC(=O)Nc4ccc5ccccc5c4)c4sc(=O)[nH]c4S[C@H]3C2=O)cc1. The minimum Gasteiger partial charge on any atom is -0.497 e. The maximum absolute atomic E-state index is 14.1. The predicted molar refractivity (Wildman–Crippen MR) is 170 cm³/mol. The van der Waals surface area contributed by atoms with Crippen molar-refractivity contribution in [3.05, 3.63) is 111 Å². The van der Waals surface area contributed by atoms with Crippen LogP contribution in [0, 0.1) is 5.92 Å². The van der Waals surface area contributed by atoms with Gasteiger partial charge < -0.3 is 19.8 Å². The fourth-order valence-electron chi connectivity index (χ4n) is 5.81. The summed E-state index contributed by atoms with van der Waals surface area (Å²) in [5.74, 6) is -1.50. The van der Waals surface area contributed by atoms with E-state index in [9.17, 15) is 19.2 Å². The highest BCUT2D eigenvalue weighted by Crippen LogP contribution is 2.54. The number of carbonyl (C=O) groups is 3. The summed E-state index contributed by atoms with van der Waals surface area (Å²) in [7, 11) is 1.54. The molecule has 2 aliphatic rings. The van der Waals surface area contributed by atoms with Crippen molar-refractivity contribution in [1.29, 1.82) is 0 Å². The van der Waals surface area contributed by atoms with Gasteiger partial charge in [0.25, 0.3) is 5.91 Å². The van der Waals surface area contributed by atoms with Gasteiger partial charge in [0, 0.05) is 22.0 Å². The zero-order valence-corrected chi connectivity index (χ0v) is 24.9. The predicted octanol–water partition coefficient (Wildman–Crippen LogP) is 5.41. The maximum Gasteiger partial charge on any atom is 0.305 e. The van der Waals surface area contributed by atoms with Gasteiger partial charge in [-0.1, -0.05) is 71.6 Å². The van der Waals surface area contributed by atoms with E-state index >= 15 is 0 Å². The number of para-hydroxylation sites is 1. The van der Waals surface area contributed by atoms with Crippen LogP contribution < -0.4 is 24.6 Å². The minimum atomic E-state index is -0.787. The number of amides is 3. The second-order valence-corrected chi connectivity index (χ2v) is 12.6. The molecular weight excluding hydrogens is 599 g/mol. The summed E-state index contributed by atoms with van der Waals surface area (Å²) in [5, 5.41) is 4.76. The number of imide groups is 1. The van der Waals surface area contributed by atoms with E-state index in [1.807, 2.05) is 54.6 Å². The van der Waals surface area contributed by atoms with E-state index in [2.05, 4.69) is 10.3 Å². The summed E-state index contributed by atoms with van der Waals surface area (Å²) < 4.78 is 11.3. The number of fused-ring (bicyclic) bond motifs is 3. The number of anilines is 2. The number of H-pyrrole nitrogens is 1. The van der Waals surface area contributed by atoms with Crippen LogP contribution in [-0.4, -0.2) is 41.7 Å². The van der Waals surface area contributed by atoms with Crippen molar-refractivity contribution in [2.24, 2.45) is 5.92 Å². The second-order valence-electron chi connectivity index (χ2n) is 10.4. The summed E-state index contributed by atoms with van der Waals surface area (Å²) >= 11 is 2.22. The number of thioether (sulfide) groups is 1. The molecule has 3 atom stereocenters. The third-order valence-electron chi connectivity index (χ3n) is 7.80. The summed E-state index contributed by atoms with van der Waals surface area (Å²) in [6.07, 6.45) is 0. The highest BCUT2D eigenvalue weighted by Gasteiger charge is 2.56. The fraction of sp³-hybridized carbons (Fsp3) is 0.152. The Balaban J connectivity index is 1.18. The van der Waals surface area contributed by atoms with Crippen molar-refractivity contribution in [3.8, 4) is 11.5 Å². The van der Waals surface area contributed by atoms with Crippen molar-refractivity contribution in [2.75, 3.05) is 23.9 Å². The fourth-order valence-corrected chi connectivity index (χ4v) is 8.32. The highest BCUT2D eigenvalue weighted by molar-refractivity contribution is 8.00. The molecule has 0 unspecified atom stereocenters. The monoisotopic (exact) mass is 623 g/mol. The smallest absolute Gasteiger partial charge is 0.305 e. The van der Waals surface area contributed by atoms with Crippen LogP contribution in [-0.2, 0) is 14.4 Å².